The molecule has 26 heavy (non-hydrogen) atoms. The number of hydrogen-bond acceptors (Lipinski definition) is 7. The number of hydrogen-bond donors (Lipinski definition) is 3. The van der Waals surface area contributed by atoms with Crippen LogP contribution in [0.3, 0.4) is 0 Å². The standard InChI is InChI=1S/C16H19FN6O2S/c1-19-11-6-8(17)5-10-12-14(20-13(10)11)21-16(26(2,24)25)22-15(12)23-4-3-9(18)7-23/h5-6,9,19H,3-4,7,18H2,1-2H3,(H,20,21,22). The van der Waals surface area contributed by atoms with E-state index in [1.807, 2.05) is 4.90 Å². The lowest BCUT2D eigenvalue weighted by Crippen LogP contribution is -2.27. The van der Waals surface area contributed by atoms with Crippen LogP contribution in [-0.2, 0) is 9.84 Å². The zero-order valence-electron chi connectivity index (χ0n) is 14.4. The third kappa shape index (κ3) is 2.65. The molecular formula is C16H19FN6O2S. The quantitative estimate of drug-likeness (QED) is 0.587. The Kier molecular flexibility index (Phi) is 3.77. The molecule has 1 atom stereocenters. The lowest BCUT2D eigenvalue weighted by Gasteiger charge is -2.18. The predicted octanol–water partition coefficient (Wildman–Crippen LogP) is 1.23. The van der Waals surface area contributed by atoms with Gasteiger partial charge in [-0.05, 0) is 18.6 Å². The fraction of sp³-hybridized carbons (Fsp3) is 0.375. The number of benzene rings is 1. The molecule has 8 nitrogen and oxygen atoms in total. The highest BCUT2D eigenvalue weighted by Crippen LogP contribution is 2.36. The normalized spacial score (nSPS) is 18.2. The summed E-state index contributed by atoms with van der Waals surface area (Å²) in [6.45, 7) is 1.20. The van der Waals surface area contributed by atoms with Crippen molar-refractivity contribution < 1.29 is 12.8 Å². The van der Waals surface area contributed by atoms with Crippen molar-refractivity contribution in [3.63, 3.8) is 0 Å². The van der Waals surface area contributed by atoms with Gasteiger partial charge in [0.15, 0.2) is 0 Å². The Morgan fingerprint density at radius 2 is 2.15 bits per heavy atom. The van der Waals surface area contributed by atoms with E-state index in [1.54, 1.807) is 7.05 Å². The van der Waals surface area contributed by atoms with E-state index < -0.39 is 15.7 Å². The van der Waals surface area contributed by atoms with E-state index in [0.717, 1.165) is 12.7 Å². The summed E-state index contributed by atoms with van der Waals surface area (Å²) in [5, 5.41) is 3.87. The zero-order valence-corrected chi connectivity index (χ0v) is 15.2. The minimum atomic E-state index is -3.61. The van der Waals surface area contributed by atoms with Crippen molar-refractivity contribution in [2.75, 3.05) is 36.6 Å². The molecule has 0 bridgehead atoms. The molecule has 3 heterocycles. The van der Waals surface area contributed by atoms with Gasteiger partial charge in [0.1, 0.15) is 17.3 Å². The Labute approximate surface area is 149 Å². The van der Waals surface area contributed by atoms with Gasteiger partial charge in [-0.2, -0.15) is 4.98 Å². The van der Waals surface area contributed by atoms with Crippen LogP contribution in [0.5, 0.6) is 0 Å². The second-order valence-corrected chi connectivity index (χ2v) is 8.48. The SMILES string of the molecule is CNc1cc(F)cc2c1[nH]c1nc(S(C)(=O)=O)nc(N3CCC(N)C3)c12. The number of aromatic nitrogens is 3. The highest BCUT2D eigenvalue weighted by molar-refractivity contribution is 7.90. The maximum atomic E-state index is 14.1. The van der Waals surface area contributed by atoms with Crippen LogP contribution in [0.1, 0.15) is 6.42 Å². The van der Waals surface area contributed by atoms with Gasteiger partial charge in [-0.15, -0.1) is 0 Å². The molecule has 1 aliphatic rings. The van der Waals surface area contributed by atoms with Crippen LogP contribution in [0.25, 0.3) is 21.9 Å². The molecule has 0 saturated carbocycles. The van der Waals surface area contributed by atoms with Crippen LogP contribution < -0.4 is 16.0 Å². The number of fused-ring (bicyclic) bond motifs is 3. The van der Waals surface area contributed by atoms with Crippen molar-refractivity contribution in [2.24, 2.45) is 5.73 Å². The summed E-state index contributed by atoms with van der Waals surface area (Å²) in [5.74, 6) is 0.0568. The molecule has 3 aromatic rings. The van der Waals surface area contributed by atoms with Gasteiger partial charge in [-0.3, -0.25) is 0 Å². The number of nitrogens with zero attached hydrogens (tertiary/aromatic N) is 3. The fourth-order valence-electron chi connectivity index (χ4n) is 3.40. The zero-order chi connectivity index (χ0) is 18.6. The molecule has 1 aromatic carbocycles. The third-order valence-electron chi connectivity index (χ3n) is 4.61. The molecule has 1 fully saturated rings. The first-order chi connectivity index (χ1) is 12.3. The summed E-state index contributed by atoms with van der Waals surface area (Å²) in [4.78, 5) is 13.5. The van der Waals surface area contributed by atoms with Crippen LogP contribution in [0.2, 0.25) is 0 Å². The van der Waals surface area contributed by atoms with Crippen molar-refractivity contribution >= 4 is 43.3 Å². The van der Waals surface area contributed by atoms with Gasteiger partial charge >= 0.3 is 0 Å². The highest BCUT2D eigenvalue weighted by Gasteiger charge is 2.27. The number of H-pyrrole nitrogens is 1. The topological polar surface area (TPSA) is 117 Å². The Bertz CT molecular complexity index is 1130. The van der Waals surface area contributed by atoms with E-state index in [4.69, 9.17) is 5.73 Å². The van der Waals surface area contributed by atoms with Crippen LogP contribution in [-0.4, -0.2) is 55.8 Å². The lowest BCUT2D eigenvalue weighted by atomic mass is 10.1. The van der Waals surface area contributed by atoms with E-state index in [9.17, 15) is 12.8 Å². The second kappa shape index (κ2) is 5.78. The van der Waals surface area contributed by atoms with Crippen LogP contribution in [0.15, 0.2) is 17.3 Å². The number of nitrogens with one attached hydrogen (secondary N) is 2. The van der Waals surface area contributed by atoms with Crippen molar-refractivity contribution in [1.82, 2.24) is 15.0 Å². The molecule has 4 rings (SSSR count). The number of sulfone groups is 1. The number of halogens is 1. The summed E-state index contributed by atoms with van der Waals surface area (Å²) in [5.41, 5.74) is 7.57. The first-order valence-electron chi connectivity index (χ1n) is 8.19. The van der Waals surface area contributed by atoms with E-state index in [2.05, 4.69) is 20.3 Å². The highest BCUT2D eigenvalue weighted by atomic mass is 32.2. The van der Waals surface area contributed by atoms with Crippen molar-refractivity contribution in [2.45, 2.75) is 17.6 Å². The van der Waals surface area contributed by atoms with E-state index >= 15 is 0 Å². The molecular weight excluding hydrogens is 359 g/mol. The summed E-state index contributed by atoms with van der Waals surface area (Å²) in [6.07, 6.45) is 1.84. The summed E-state index contributed by atoms with van der Waals surface area (Å²) < 4.78 is 38.2. The monoisotopic (exact) mass is 378 g/mol. The molecule has 2 aromatic heterocycles. The van der Waals surface area contributed by atoms with Gasteiger partial charge in [0.05, 0.1) is 16.6 Å². The third-order valence-corrected chi connectivity index (χ3v) is 5.46. The predicted molar refractivity (Wildman–Crippen MR) is 98.8 cm³/mol. The van der Waals surface area contributed by atoms with Crippen LogP contribution >= 0.6 is 0 Å². The van der Waals surface area contributed by atoms with Crippen LogP contribution in [0.4, 0.5) is 15.9 Å². The van der Waals surface area contributed by atoms with Gasteiger partial charge in [-0.25, -0.2) is 17.8 Å². The van der Waals surface area contributed by atoms with Crippen LogP contribution in [0, 0.1) is 5.82 Å². The molecule has 0 spiro atoms. The van der Waals surface area contributed by atoms with Crippen molar-refractivity contribution in [3.8, 4) is 0 Å². The minimum Gasteiger partial charge on any atom is -0.386 e. The molecule has 0 amide bonds. The molecule has 138 valence electrons. The summed E-state index contributed by atoms with van der Waals surface area (Å²) in [6, 6.07) is 2.75. The van der Waals surface area contributed by atoms with E-state index in [1.165, 1.54) is 12.1 Å². The maximum Gasteiger partial charge on any atom is 0.250 e. The van der Waals surface area contributed by atoms with Gasteiger partial charge in [-0.1, -0.05) is 0 Å². The Hall–Kier alpha value is -2.46. The molecule has 1 saturated heterocycles. The number of aromatic amines is 1. The number of rotatable bonds is 3. The molecule has 0 aliphatic carbocycles. The second-order valence-electron chi connectivity index (χ2n) is 6.57. The minimum absolute atomic E-state index is 0.0171. The molecule has 1 unspecified atom stereocenters. The number of nitrogens with two attached hydrogens (primary N) is 1. The average Bonchev–Trinajstić information content (AvgIpc) is 3.16. The maximum absolute atomic E-state index is 14.1. The number of anilines is 2. The Morgan fingerprint density at radius 3 is 2.77 bits per heavy atom. The Balaban J connectivity index is 2.11. The lowest BCUT2D eigenvalue weighted by molar-refractivity contribution is 0.593. The van der Waals surface area contributed by atoms with Gasteiger partial charge in [0, 0.05) is 37.8 Å². The molecule has 4 N–H and O–H groups in total. The van der Waals surface area contributed by atoms with Gasteiger partial charge < -0.3 is 20.9 Å². The van der Waals surface area contributed by atoms with E-state index in [-0.39, 0.29) is 11.2 Å². The molecule has 0 radical (unpaired) electrons. The van der Waals surface area contributed by atoms with Gasteiger partial charge in [0.25, 0.3) is 5.16 Å². The van der Waals surface area contributed by atoms with E-state index in [0.29, 0.717) is 46.5 Å². The van der Waals surface area contributed by atoms with Crippen molar-refractivity contribution in [1.29, 1.82) is 0 Å². The van der Waals surface area contributed by atoms with Crippen molar-refractivity contribution in [3.05, 3.63) is 17.9 Å². The average molecular weight is 378 g/mol. The first-order valence-corrected chi connectivity index (χ1v) is 10.1. The summed E-state index contributed by atoms with van der Waals surface area (Å²) >= 11 is 0. The fourth-order valence-corrected chi connectivity index (χ4v) is 3.91. The molecule has 10 heteroatoms. The first kappa shape index (κ1) is 17.0. The van der Waals surface area contributed by atoms with Gasteiger partial charge in [0.2, 0.25) is 9.84 Å². The Morgan fingerprint density at radius 1 is 1.38 bits per heavy atom. The largest absolute Gasteiger partial charge is 0.386 e. The summed E-state index contributed by atoms with van der Waals surface area (Å²) in [7, 11) is -1.92. The smallest absolute Gasteiger partial charge is 0.250 e. The molecule has 1 aliphatic heterocycles.